The Hall–Kier alpha value is -5.93. The quantitative estimate of drug-likeness (QED) is 0.133. The standard InChI is InChI=1S/C17H21NO7.C11H12O4.C7H11O4/c1-23-16(21)10-18(11-17(22)24-2)14(19)8-9-15(20)25-12-13-6-4-3-5-7-13;12-10(13)6-7-11(14)15-8-9-4-2-1-3-5-9;1-10-6(8)4-3-5-7(9)11-2/h3-7H,8-12H2,1-2H3;1-5H,6-8H2,(H,12,13);1,3-5H2,2H3/q;;+1. The third-order valence-corrected chi connectivity index (χ3v) is 6.17. The molecule has 2 aromatic carbocycles. The molecule has 0 spiro atoms. The van der Waals surface area contributed by atoms with E-state index in [-0.39, 0.29) is 57.7 Å². The van der Waals surface area contributed by atoms with Crippen molar-refractivity contribution in [3.05, 3.63) is 71.8 Å². The average Bonchev–Trinajstić information content (AvgIpc) is 3.15. The van der Waals surface area contributed by atoms with Crippen LogP contribution < -0.4 is 0 Å². The third-order valence-electron chi connectivity index (χ3n) is 6.17. The first kappa shape index (κ1) is 45.1. The van der Waals surface area contributed by atoms with E-state index in [0.717, 1.165) is 16.0 Å². The molecule has 0 aromatic heterocycles. The number of carbonyl (C=O) groups excluding carboxylic acids is 8. The van der Waals surface area contributed by atoms with Gasteiger partial charge in [-0.15, -0.1) is 0 Å². The number of carboxylic acids is 1. The molecule has 0 aliphatic heterocycles. The zero-order valence-corrected chi connectivity index (χ0v) is 28.9. The lowest BCUT2D eigenvalue weighted by Gasteiger charge is -2.19. The average molecular weight is 719 g/mol. The van der Waals surface area contributed by atoms with Crippen LogP contribution in [0.4, 0.5) is 0 Å². The van der Waals surface area contributed by atoms with Crippen molar-refractivity contribution in [2.24, 2.45) is 0 Å². The van der Waals surface area contributed by atoms with E-state index in [2.05, 4.69) is 25.4 Å². The lowest BCUT2D eigenvalue weighted by molar-refractivity contribution is -0.369. The van der Waals surface area contributed by atoms with Gasteiger partial charge in [0, 0.05) is 17.6 Å². The fourth-order valence-electron chi connectivity index (χ4n) is 3.42. The summed E-state index contributed by atoms with van der Waals surface area (Å²) in [6.45, 7) is 2.45. The summed E-state index contributed by atoms with van der Waals surface area (Å²) in [7, 11) is 3.65. The number of aliphatic carboxylic acids is 1. The first-order valence-corrected chi connectivity index (χ1v) is 15.4. The van der Waals surface area contributed by atoms with E-state index >= 15 is 0 Å². The van der Waals surface area contributed by atoms with E-state index in [9.17, 15) is 38.4 Å². The topological polar surface area (TPSA) is 217 Å². The molecule has 16 nitrogen and oxygen atoms in total. The first-order chi connectivity index (χ1) is 24.3. The molecule has 0 aliphatic rings. The zero-order valence-electron chi connectivity index (χ0n) is 28.9. The van der Waals surface area contributed by atoms with E-state index in [1.807, 2.05) is 60.7 Å². The van der Waals surface area contributed by atoms with Gasteiger partial charge in [-0.25, -0.2) is 0 Å². The van der Waals surface area contributed by atoms with Crippen LogP contribution >= 0.6 is 0 Å². The Morgan fingerprint density at radius 3 is 1.41 bits per heavy atom. The molecule has 0 fully saturated rings. The van der Waals surface area contributed by atoms with Gasteiger partial charge in [0.25, 0.3) is 0 Å². The zero-order chi connectivity index (χ0) is 38.4. The molecular formula is C35H44NO15+. The summed E-state index contributed by atoms with van der Waals surface area (Å²) >= 11 is 0. The van der Waals surface area contributed by atoms with Crippen LogP contribution in [0.3, 0.4) is 0 Å². The maximum absolute atomic E-state index is 12.1. The van der Waals surface area contributed by atoms with Crippen molar-refractivity contribution >= 4 is 54.5 Å². The highest BCUT2D eigenvalue weighted by atomic mass is 16.5. The second kappa shape index (κ2) is 28.0. The second-order valence-corrected chi connectivity index (χ2v) is 10.0. The normalized spacial score (nSPS) is 9.55. The van der Waals surface area contributed by atoms with Crippen molar-refractivity contribution in [3.63, 3.8) is 0 Å². The Labute approximate surface area is 295 Å². The van der Waals surface area contributed by atoms with Gasteiger partial charge in [0.15, 0.2) is 6.79 Å². The minimum absolute atomic E-state index is 0.0812. The van der Waals surface area contributed by atoms with Gasteiger partial charge in [0.1, 0.15) is 32.7 Å². The maximum atomic E-state index is 12.1. The van der Waals surface area contributed by atoms with Gasteiger partial charge >= 0.3 is 41.8 Å². The number of carboxylic acid groups (broad SMARTS) is 1. The molecular weight excluding hydrogens is 674 g/mol. The highest BCUT2D eigenvalue weighted by Crippen LogP contribution is 2.06. The molecule has 2 aromatic rings. The summed E-state index contributed by atoms with van der Waals surface area (Å²) in [5.41, 5.74) is 1.72. The Morgan fingerprint density at radius 2 is 1.02 bits per heavy atom. The molecule has 0 saturated carbocycles. The molecule has 0 unspecified atom stereocenters. The summed E-state index contributed by atoms with van der Waals surface area (Å²) in [6, 6.07) is 18.4. The smallest absolute Gasteiger partial charge is 0.481 e. The summed E-state index contributed by atoms with van der Waals surface area (Å²) in [6.07, 6.45) is 0.271. The molecule has 0 saturated heterocycles. The number of hydrogen-bond donors (Lipinski definition) is 1. The van der Waals surface area contributed by atoms with Gasteiger partial charge in [0.05, 0.1) is 40.6 Å². The van der Waals surface area contributed by atoms with Crippen molar-refractivity contribution < 1.29 is 71.6 Å². The van der Waals surface area contributed by atoms with E-state index in [4.69, 9.17) is 14.6 Å². The molecule has 0 aliphatic carbocycles. The maximum Gasteiger partial charge on any atom is 0.579 e. The summed E-state index contributed by atoms with van der Waals surface area (Å²) in [5, 5.41) is 8.34. The predicted octanol–water partition coefficient (Wildman–Crippen LogP) is 2.50. The summed E-state index contributed by atoms with van der Waals surface area (Å²) in [5.74, 6) is -4.66. The van der Waals surface area contributed by atoms with Crippen molar-refractivity contribution in [1.29, 1.82) is 0 Å². The van der Waals surface area contributed by atoms with Crippen molar-refractivity contribution in [3.8, 4) is 0 Å². The third kappa shape index (κ3) is 24.8. The highest BCUT2D eigenvalue weighted by molar-refractivity contribution is 5.87. The van der Waals surface area contributed by atoms with Crippen LogP contribution in [-0.2, 0) is 79.7 Å². The number of rotatable bonds is 18. The van der Waals surface area contributed by atoms with Gasteiger partial charge in [-0.2, -0.15) is 0 Å². The van der Waals surface area contributed by atoms with E-state index in [1.165, 1.54) is 21.3 Å². The summed E-state index contributed by atoms with van der Waals surface area (Å²) in [4.78, 5) is 89.6. The van der Waals surface area contributed by atoms with Crippen molar-refractivity contribution in [2.45, 2.75) is 58.2 Å². The van der Waals surface area contributed by atoms with Crippen LogP contribution in [0.2, 0.25) is 0 Å². The SMILES string of the molecule is C=[O+]C(=O)CCCC(=O)OC.COC(=O)CN(CC(=O)OC)C(=O)CCC(=O)OCc1ccccc1.O=C(O)CCC(=O)OCc1ccccc1. The van der Waals surface area contributed by atoms with E-state index < -0.39 is 54.8 Å². The lowest BCUT2D eigenvalue weighted by Crippen LogP contribution is -2.40. The Balaban J connectivity index is 0.000000814. The fourth-order valence-corrected chi connectivity index (χ4v) is 3.42. The predicted molar refractivity (Wildman–Crippen MR) is 177 cm³/mol. The fraction of sp³-hybridized carbons (Fsp3) is 0.400. The molecule has 0 heterocycles. The Kier molecular flexibility index (Phi) is 24.7. The highest BCUT2D eigenvalue weighted by Gasteiger charge is 2.22. The monoisotopic (exact) mass is 718 g/mol. The van der Waals surface area contributed by atoms with Crippen LogP contribution in [0.1, 0.15) is 56.1 Å². The largest absolute Gasteiger partial charge is 0.579 e. The van der Waals surface area contributed by atoms with Gasteiger partial charge in [-0.3, -0.25) is 38.0 Å². The molecule has 51 heavy (non-hydrogen) atoms. The minimum Gasteiger partial charge on any atom is -0.481 e. The van der Waals surface area contributed by atoms with Crippen molar-refractivity contribution in [1.82, 2.24) is 4.90 Å². The number of carbonyl (C=O) groups is 8. The number of esters is 5. The molecule has 278 valence electrons. The Bertz CT molecular complexity index is 1390. The number of hydrogen-bond acceptors (Lipinski definition) is 13. The number of amides is 1. The van der Waals surface area contributed by atoms with E-state index in [0.29, 0.717) is 6.42 Å². The van der Waals surface area contributed by atoms with Gasteiger partial charge in [-0.05, 0) is 17.5 Å². The minimum atomic E-state index is -0.994. The molecule has 0 radical (unpaired) electrons. The summed E-state index contributed by atoms with van der Waals surface area (Å²) < 4.78 is 27.4. The van der Waals surface area contributed by atoms with E-state index in [1.54, 1.807) is 0 Å². The number of methoxy groups -OCH3 is 3. The first-order valence-electron chi connectivity index (χ1n) is 15.4. The Morgan fingerprint density at radius 1 is 0.588 bits per heavy atom. The van der Waals surface area contributed by atoms with Gasteiger partial charge < -0.3 is 33.7 Å². The van der Waals surface area contributed by atoms with Crippen LogP contribution in [0.5, 0.6) is 0 Å². The van der Waals surface area contributed by atoms with Crippen LogP contribution in [0.15, 0.2) is 60.7 Å². The van der Waals surface area contributed by atoms with Crippen LogP contribution in [0.25, 0.3) is 0 Å². The number of nitrogens with zero attached hydrogens (tertiary/aromatic N) is 1. The second-order valence-electron chi connectivity index (χ2n) is 10.0. The molecule has 0 bridgehead atoms. The van der Waals surface area contributed by atoms with Crippen LogP contribution in [-0.4, -0.2) is 98.9 Å². The number of ether oxygens (including phenoxy) is 5. The molecule has 0 atom stereocenters. The molecule has 2 rings (SSSR count). The van der Waals surface area contributed by atoms with Crippen molar-refractivity contribution in [2.75, 3.05) is 34.4 Å². The number of benzene rings is 2. The molecule has 16 heteroatoms. The lowest BCUT2D eigenvalue weighted by atomic mass is 10.2. The molecule has 1 amide bonds. The molecule has 1 N–H and O–H groups in total. The van der Waals surface area contributed by atoms with Crippen LogP contribution in [0, 0.1) is 0 Å². The van der Waals surface area contributed by atoms with Gasteiger partial charge in [0.2, 0.25) is 5.91 Å². The van der Waals surface area contributed by atoms with Gasteiger partial charge in [-0.1, -0.05) is 60.7 Å².